The third-order valence-corrected chi connectivity index (χ3v) is 3.86. The van der Waals surface area contributed by atoms with E-state index in [1.165, 1.54) is 10.9 Å². The predicted molar refractivity (Wildman–Crippen MR) is 100 cm³/mol. The molecule has 0 aliphatic carbocycles. The lowest BCUT2D eigenvalue weighted by Crippen LogP contribution is -2.18. The molecular weight excluding hydrogens is 350 g/mol. The fraction of sp³-hybridized carbons (Fsp3) is 0.421. The number of nitrogens with zero attached hydrogens (tertiary/aromatic N) is 2. The molecule has 8 heteroatoms. The quantitative estimate of drug-likeness (QED) is 0.677. The Morgan fingerprint density at radius 3 is 2.63 bits per heavy atom. The molecule has 0 spiro atoms. The Hall–Kier alpha value is -3.03. The van der Waals surface area contributed by atoms with Crippen LogP contribution in [-0.2, 0) is 23.0 Å². The number of aryl methyl sites for hydroxylation is 2. The van der Waals surface area contributed by atoms with E-state index in [9.17, 15) is 9.59 Å². The molecule has 2 aromatic rings. The van der Waals surface area contributed by atoms with E-state index in [1.807, 2.05) is 25.1 Å². The molecule has 0 saturated heterocycles. The third kappa shape index (κ3) is 5.22. The number of amides is 1. The van der Waals surface area contributed by atoms with Gasteiger partial charge in [0.05, 0.1) is 26.5 Å². The second-order valence-corrected chi connectivity index (χ2v) is 5.72. The first kappa shape index (κ1) is 20.3. The molecule has 146 valence electrons. The summed E-state index contributed by atoms with van der Waals surface area (Å²) in [4.78, 5) is 24.3. The summed E-state index contributed by atoms with van der Waals surface area (Å²) in [6.07, 6.45) is 2.14. The van der Waals surface area contributed by atoms with Crippen LogP contribution in [0, 0.1) is 0 Å². The van der Waals surface area contributed by atoms with Crippen molar-refractivity contribution in [3.05, 3.63) is 35.5 Å². The second-order valence-electron chi connectivity index (χ2n) is 5.72. The largest absolute Gasteiger partial charge is 0.493 e. The van der Waals surface area contributed by atoms with Crippen molar-refractivity contribution >= 4 is 17.7 Å². The maximum Gasteiger partial charge on any atom is 0.343 e. The molecular formula is C19H25N3O5. The number of methoxy groups -OCH3 is 1. The first-order chi connectivity index (χ1) is 13.0. The number of hydrogen-bond acceptors (Lipinski definition) is 6. The van der Waals surface area contributed by atoms with E-state index in [2.05, 4.69) is 10.4 Å². The molecule has 27 heavy (non-hydrogen) atoms. The smallest absolute Gasteiger partial charge is 0.343 e. The van der Waals surface area contributed by atoms with Gasteiger partial charge in [0.2, 0.25) is 5.91 Å². The molecule has 8 nitrogen and oxygen atoms in total. The number of aromatic nitrogens is 2. The molecule has 0 atom stereocenters. The Balaban J connectivity index is 2.01. The summed E-state index contributed by atoms with van der Waals surface area (Å²) >= 11 is 0. The van der Waals surface area contributed by atoms with Gasteiger partial charge < -0.3 is 19.5 Å². The van der Waals surface area contributed by atoms with Crippen molar-refractivity contribution in [2.45, 2.75) is 26.7 Å². The van der Waals surface area contributed by atoms with Gasteiger partial charge in [0.1, 0.15) is 11.4 Å². The zero-order chi connectivity index (χ0) is 19.8. The predicted octanol–water partition coefficient (Wildman–Crippen LogP) is 2.58. The fourth-order valence-corrected chi connectivity index (χ4v) is 2.54. The molecule has 0 saturated carbocycles. The van der Waals surface area contributed by atoms with Crippen LogP contribution in [0.2, 0.25) is 0 Å². The Labute approximate surface area is 158 Å². The molecule has 1 aromatic heterocycles. The molecule has 2 rings (SSSR count). The van der Waals surface area contributed by atoms with Crippen molar-refractivity contribution in [2.75, 3.05) is 25.6 Å². The van der Waals surface area contributed by atoms with Crippen LogP contribution in [0.4, 0.5) is 5.82 Å². The Bertz CT molecular complexity index is 801. The fourth-order valence-electron chi connectivity index (χ4n) is 2.54. The highest BCUT2D eigenvalue weighted by atomic mass is 16.5. The minimum absolute atomic E-state index is 0.225. The van der Waals surface area contributed by atoms with Crippen LogP contribution < -0.4 is 14.8 Å². The van der Waals surface area contributed by atoms with Gasteiger partial charge in [0.15, 0.2) is 11.5 Å². The van der Waals surface area contributed by atoms with E-state index in [4.69, 9.17) is 14.2 Å². The lowest BCUT2D eigenvalue weighted by Gasteiger charge is -2.11. The zero-order valence-corrected chi connectivity index (χ0v) is 16.1. The number of anilines is 1. The second kappa shape index (κ2) is 9.61. The minimum Gasteiger partial charge on any atom is -0.493 e. The van der Waals surface area contributed by atoms with Crippen LogP contribution in [0.3, 0.4) is 0 Å². The van der Waals surface area contributed by atoms with Gasteiger partial charge >= 0.3 is 5.97 Å². The third-order valence-electron chi connectivity index (χ3n) is 3.86. The highest BCUT2D eigenvalue weighted by Crippen LogP contribution is 2.28. The first-order valence-corrected chi connectivity index (χ1v) is 8.78. The van der Waals surface area contributed by atoms with Crippen molar-refractivity contribution in [3.8, 4) is 11.5 Å². The summed E-state index contributed by atoms with van der Waals surface area (Å²) in [7, 11) is 3.23. The monoisotopic (exact) mass is 375 g/mol. The standard InChI is InChI=1S/C19H25N3O5/c1-5-26-15-9-7-13(11-16(15)25-4)8-10-17(23)21-18-14(12-20-22(18)3)19(24)27-6-2/h7,9,11-12H,5-6,8,10H2,1-4H3,(H,21,23). The van der Waals surface area contributed by atoms with Gasteiger partial charge in [0.25, 0.3) is 0 Å². The van der Waals surface area contributed by atoms with Gasteiger partial charge in [-0.15, -0.1) is 0 Å². The topological polar surface area (TPSA) is 91.7 Å². The average Bonchev–Trinajstić information content (AvgIpc) is 3.02. The normalized spacial score (nSPS) is 10.4. The number of rotatable bonds is 9. The van der Waals surface area contributed by atoms with Gasteiger partial charge in [-0.05, 0) is 38.0 Å². The molecule has 1 aromatic carbocycles. The number of carbonyl (C=O) groups excluding carboxylic acids is 2. The highest BCUT2D eigenvalue weighted by Gasteiger charge is 2.19. The summed E-state index contributed by atoms with van der Waals surface area (Å²) < 4.78 is 17.2. The number of ether oxygens (including phenoxy) is 3. The van der Waals surface area contributed by atoms with E-state index in [-0.39, 0.29) is 24.5 Å². The van der Waals surface area contributed by atoms with E-state index in [0.29, 0.717) is 30.3 Å². The zero-order valence-electron chi connectivity index (χ0n) is 16.1. The molecule has 0 bridgehead atoms. The van der Waals surface area contributed by atoms with E-state index in [1.54, 1.807) is 21.1 Å². The summed E-state index contributed by atoms with van der Waals surface area (Å²) in [5.41, 5.74) is 1.18. The van der Waals surface area contributed by atoms with Gasteiger partial charge in [-0.3, -0.25) is 9.48 Å². The molecule has 0 aliphatic rings. The molecule has 0 fully saturated rings. The lowest BCUT2D eigenvalue weighted by molar-refractivity contribution is -0.116. The maximum absolute atomic E-state index is 12.3. The van der Waals surface area contributed by atoms with Crippen LogP contribution in [0.25, 0.3) is 0 Å². The van der Waals surface area contributed by atoms with Crippen molar-refractivity contribution in [2.24, 2.45) is 7.05 Å². The Morgan fingerprint density at radius 1 is 1.19 bits per heavy atom. The molecule has 0 aliphatic heterocycles. The van der Waals surface area contributed by atoms with E-state index < -0.39 is 5.97 Å². The average molecular weight is 375 g/mol. The van der Waals surface area contributed by atoms with Crippen LogP contribution in [0.5, 0.6) is 11.5 Å². The van der Waals surface area contributed by atoms with Crippen LogP contribution >= 0.6 is 0 Å². The van der Waals surface area contributed by atoms with Crippen molar-refractivity contribution in [1.82, 2.24) is 9.78 Å². The molecule has 1 amide bonds. The van der Waals surface area contributed by atoms with Crippen molar-refractivity contribution in [3.63, 3.8) is 0 Å². The number of carbonyl (C=O) groups is 2. The summed E-state index contributed by atoms with van der Waals surface area (Å²) in [5, 5.41) is 6.75. The van der Waals surface area contributed by atoms with Crippen molar-refractivity contribution < 1.29 is 23.8 Å². The number of nitrogens with one attached hydrogen (secondary N) is 1. The Morgan fingerprint density at radius 2 is 1.96 bits per heavy atom. The van der Waals surface area contributed by atoms with Gasteiger partial charge in [0, 0.05) is 13.5 Å². The highest BCUT2D eigenvalue weighted by molar-refractivity contribution is 6.00. The Kier molecular flexibility index (Phi) is 7.22. The van der Waals surface area contributed by atoms with Crippen LogP contribution in [-0.4, -0.2) is 42.0 Å². The summed E-state index contributed by atoms with van der Waals surface area (Å²) in [6, 6.07) is 5.58. The molecule has 1 heterocycles. The molecule has 1 N–H and O–H groups in total. The van der Waals surface area contributed by atoms with Crippen LogP contribution in [0.1, 0.15) is 36.2 Å². The van der Waals surface area contributed by atoms with Gasteiger partial charge in [-0.25, -0.2) is 4.79 Å². The molecule has 0 unspecified atom stereocenters. The number of esters is 1. The summed E-state index contributed by atoms with van der Waals surface area (Å²) in [5.74, 6) is 0.880. The van der Waals surface area contributed by atoms with E-state index in [0.717, 1.165) is 5.56 Å². The first-order valence-electron chi connectivity index (χ1n) is 8.78. The van der Waals surface area contributed by atoms with Gasteiger partial charge in [-0.1, -0.05) is 6.07 Å². The molecule has 0 radical (unpaired) electrons. The maximum atomic E-state index is 12.3. The number of benzene rings is 1. The summed E-state index contributed by atoms with van der Waals surface area (Å²) in [6.45, 7) is 4.42. The lowest BCUT2D eigenvalue weighted by atomic mass is 10.1. The SMILES string of the molecule is CCOC(=O)c1cnn(C)c1NC(=O)CCc1ccc(OCC)c(OC)c1. The van der Waals surface area contributed by atoms with Gasteiger partial charge in [-0.2, -0.15) is 5.10 Å². The van der Waals surface area contributed by atoms with E-state index >= 15 is 0 Å². The van der Waals surface area contributed by atoms with Crippen molar-refractivity contribution in [1.29, 1.82) is 0 Å². The minimum atomic E-state index is -0.517. The number of hydrogen-bond donors (Lipinski definition) is 1. The van der Waals surface area contributed by atoms with Crippen LogP contribution in [0.15, 0.2) is 24.4 Å².